The zero-order valence-corrected chi connectivity index (χ0v) is 26.2. The van der Waals surface area contributed by atoms with Crippen LogP contribution in [0.5, 0.6) is 0 Å². The first kappa shape index (κ1) is 32.7. The first-order valence-corrected chi connectivity index (χ1v) is 16.7. The van der Waals surface area contributed by atoms with Crippen molar-refractivity contribution in [2.75, 3.05) is 26.2 Å². The minimum absolute atomic E-state index is 0.00502. The standard InChI is InChI=1S/C33H59N3O5/c1-21(8-11-28(39)36-19-7-17-34-16-5-6-18-35-22(2)37)24-9-10-25-29-26(13-15-32(24,25)3)33(4)14-12-23(38)20-27(33)30(40)31(29)41/h21,23-27,29-31,34,38,40-41H,5-20H2,1-4H3,(H,35,37)(H,36,39)/t21-,23-,24-,25+,26+,27+,29+,30+,31-,32-,33-/m1/s1. The average Bonchev–Trinajstić information content (AvgIpc) is 3.29. The minimum atomic E-state index is -0.746. The number of aliphatic hydroxyl groups excluding tert-OH is 3. The molecule has 41 heavy (non-hydrogen) atoms. The van der Waals surface area contributed by atoms with Crippen LogP contribution in [0.3, 0.4) is 0 Å². The van der Waals surface area contributed by atoms with Crippen LogP contribution in [-0.2, 0) is 9.59 Å². The quantitative estimate of drug-likeness (QED) is 0.186. The summed E-state index contributed by atoms with van der Waals surface area (Å²) < 4.78 is 0. The van der Waals surface area contributed by atoms with Crippen LogP contribution in [0.1, 0.15) is 105 Å². The molecule has 236 valence electrons. The van der Waals surface area contributed by atoms with Gasteiger partial charge in [0.2, 0.25) is 11.8 Å². The van der Waals surface area contributed by atoms with Gasteiger partial charge < -0.3 is 31.3 Å². The van der Waals surface area contributed by atoms with Crippen LogP contribution < -0.4 is 16.0 Å². The molecule has 6 N–H and O–H groups in total. The fourth-order valence-corrected chi connectivity index (χ4v) is 10.1. The topological polar surface area (TPSA) is 131 Å². The van der Waals surface area contributed by atoms with Gasteiger partial charge in [0, 0.05) is 26.4 Å². The maximum Gasteiger partial charge on any atom is 0.220 e. The Kier molecular flexibility index (Phi) is 11.2. The molecule has 4 fully saturated rings. The number of amides is 2. The van der Waals surface area contributed by atoms with Crippen molar-refractivity contribution in [3.8, 4) is 0 Å². The lowest BCUT2D eigenvalue weighted by Gasteiger charge is -2.63. The van der Waals surface area contributed by atoms with Crippen molar-refractivity contribution in [1.29, 1.82) is 0 Å². The molecule has 0 heterocycles. The van der Waals surface area contributed by atoms with Gasteiger partial charge in [-0.25, -0.2) is 0 Å². The lowest BCUT2D eigenvalue weighted by Crippen LogP contribution is -2.64. The van der Waals surface area contributed by atoms with Gasteiger partial charge >= 0.3 is 0 Å². The number of hydrogen-bond donors (Lipinski definition) is 6. The molecule has 8 heteroatoms. The zero-order valence-electron chi connectivity index (χ0n) is 26.2. The third-order valence-electron chi connectivity index (χ3n) is 12.3. The second-order valence-electron chi connectivity index (χ2n) is 14.7. The predicted octanol–water partition coefficient (Wildman–Crippen LogP) is 3.38. The van der Waals surface area contributed by atoms with E-state index in [4.69, 9.17) is 0 Å². The van der Waals surface area contributed by atoms with Gasteiger partial charge in [-0.15, -0.1) is 0 Å². The van der Waals surface area contributed by atoms with Crippen LogP contribution in [0.4, 0.5) is 0 Å². The van der Waals surface area contributed by atoms with Gasteiger partial charge in [0.15, 0.2) is 0 Å². The van der Waals surface area contributed by atoms with E-state index in [1.807, 2.05) is 0 Å². The van der Waals surface area contributed by atoms with Crippen molar-refractivity contribution in [2.24, 2.45) is 46.3 Å². The van der Waals surface area contributed by atoms with Crippen molar-refractivity contribution < 1.29 is 24.9 Å². The van der Waals surface area contributed by atoms with E-state index in [1.54, 1.807) is 0 Å². The van der Waals surface area contributed by atoms with E-state index in [-0.39, 0.29) is 40.6 Å². The molecule has 0 radical (unpaired) electrons. The Morgan fingerprint density at radius 1 is 0.805 bits per heavy atom. The van der Waals surface area contributed by atoms with Crippen molar-refractivity contribution in [3.63, 3.8) is 0 Å². The van der Waals surface area contributed by atoms with Gasteiger partial charge in [-0.2, -0.15) is 0 Å². The van der Waals surface area contributed by atoms with Gasteiger partial charge in [0.25, 0.3) is 0 Å². The summed E-state index contributed by atoms with van der Waals surface area (Å²) in [6.07, 6.45) is 9.41. The second-order valence-corrected chi connectivity index (χ2v) is 14.7. The van der Waals surface area contributed by atoms with E-state index in [1.165, 1.54) is 6.92 Å². The van der Waals surface area contributed by atoms with Crippen LogP contribution in [0, 0.1) is 46.3 Å². The first-order valence-electron chi connectivity index (χ1n) is 16.7. The molecule has 0 saturated heterocycles. The summed E-state index contributed by atoms with van der Waals surface area (Å²) in [7, 11) is 0. The number of unbranched alkanes of at least 4 members (excludes halogenated alkanes) is 1. The molecule has 4 saturated carbocycles. The molecule has 0 aliphatic heterocycles. The van der Waals surface area contributed by atoms with Crippen molar-refractivity contribution in [2.45, 2.75) is 123 Å². The third kappa shape index (κ3) is 7.13. The van der Waals surface area contributed by atoms with E-state index in [0.717, 1.165) is 83.8 Å². The Bertz CT molecular complexity index is 887. The molecular formula is C33H59N3O5. The Balaban J connectivity index is 1.20. The molecule has 0 bridgehead atoms. The Morgan fingerprint density at radius 2 is 1.46 bits per heavy atom. The molecule has 8 nitrogen and oxygen atoms in total. The number of carbonyl (C=O) groups is 2. The highest BCUT2D eigenvalue weighted by atomic mass is 16.3. The molecule has 2 amide bonds. The van der Waals surface area contributed by atoms with E-state index < -0.39 is 12.2 Å². The summed E-state index contributed by atoms with van der Waals surface area (Å²) in [5.41, 5.74) is 0.137. The second kappa shape index (κ2) is 14.0. The van der Waals surface area contributed by atoms with Gasteiger partial charge in [-0.3, -0.25) is 9.59 Å². The van der Waals surface area contributed by atoms with E-state index >= 15 is 0 Å². The van der Waals surface area contributed by atoms with Crippen LogP contribution in [-0.4, -0.2) is 71.6 Å². The highest BCUT2D eigenvalue weighted by molar-refractivity contribution is 5.75. The van der Waals surface area contributed by atoms with Crippen molar-refractivity contribution in [1.82, 2.24) is 16.0 Å². The number of carbonyl (C=O) groups excluding carboxylic acids is 2. The lowest BCUT2D eigenvalue weighted by atomic mass is 9.43. The van der Waals surface area contributed by atoms with E-state index in [0.29, 0.717) is 43.1 Å². The zero-order chi connectivity index (χ0) is 29.8. The predicted molar refractivity (Wildman–Crippen MR) is 161 cm³/mol. The number of aliphatic hydroxyl groups is 3. The van der Waals surface area contributed by atoms with Gasteiger partial charge in [-0.05, 0) is 130 Å². The monoisotopic (exact) mass is 577 g/mol. The van der Waals surface area contributed by atoms with Crippen molar-refractivity contribution >= 4 is 11.8 Å². The molecule has 0 aromatic carbocycles. The van der Waals surface area contributed by atoms with Gasteiger partial charge in [0.1, 0.15) is 0 Å². The molecular weight excluding hydrogens is 518 g/mol. The Hall–Kier alpha value is -1.22. The van der Waals surface area contributed by atoms with Crippen molar-refractivity contribution in [3.05, 3.63) is 0 Å². The lowest BCUT2D eigenvalue weighted by molar-refractivity contribution is -0.223. The third-order valence-corrected chi connectivity index (χ3v) is 12.3. The summed E-state index contributed by atoms with van der Waals surface area (Å²) in [5, 5.41) is 42.4. The summed E-state index contributed by atoms with van der Waals surface area (Å²) in [4.78, 5) is 23.5. The van der Waals surface area contributed by atoms with Crippen LogP contribution in [0.15, 0.2) is 0 Å². The molecule has 4 aliphatic rings. The SMILES string of the molecule is CC(=O)NCCCCNCCCNC(=O)CC[C@@H](C)[C@H]1CC[C@H]2[C@@H]3[C@@H](O)[C@@H](O)[C@@H]4C[C@H](O)CC[C@]4(C)[C@H]3CC[C@]12C. The highest BCUT2D eigenvalue weighted by Gasteiger charge is 2.65. The highest BCUT2D eigenvalue weighted by Crippen LogP contribution is 2.68. The summed E-state index contributed by atoms with van der Waals surface area (Å²) in [6.45, 7) is 11.8. The molecule has 0 aromatic rings. The molecule has 0 aromatic heterocycles. The molecule has 0 unspecified atom stereocenters. The number of fused-ring (bicyclic) bond motifs is 5. The summed E-state index contributed by atoms with van der Waals surface area (Å²) in [6, 6.07) is 0. The fourth-order valence-electron chi connectivity index (χ4n) is 10.1. The Morgan fingerprint density at radius 3 is 2.22 bits per heavy atom. The molecule has 4 rings (SSSR count). The molecule has 11 atom stereocenters. The summed E-state index contributed by atoms with van der Waals surface area (Å²) in [5.74, 6) is 2.09. The van der Waals surface area contributed by atoms with Crippen LogP contribution >= 0.6 is 0 Å². The normalized spacial score (nSPS) is 40.7. The van der Waals surface area contributed by atoms with E-state index in [2.05, 4.69) is 36.7 Å². The number of rotatable bonds is 13. The van der Waals surface area contributed by atoms with E-state index in [9.17, 15) is 24.9 Å². The molecule has 4 aliphatic carbocycles. The van der Waals surface area contributed by atoms with Gasteiger partial charge in [0.05, 0.1) is 18.3 Å². The number of hydrogen-bond acceptors (Lipinski definition) is 6. The van der Waals surface area contributed by atoms with Crippen LogP contribution in [0.2, 0.25) is 0 Å². The maximum absolute atomic E-state index is 12.6. The number of nitrogens with one attached hydrogen (secondary N) is 3. The average molecular weight is 578 g/mol. The summed E-state index contributed by atoms with van der Waals surface area (Å²) >= 11 is 0. The Labute approximate surface area is 248 Å². The smallest absolute Gasteiger partial charge is 0.220 e. The first-order chi connectivity index (χ1) is 19.5. The van der Waals surface area contributed by atoms with Gasteiger partial charge in [-0.1, -0.05) is 20.8 Å². The largest absolute Gasteiger partial charge is 0.393 e. The molecule has 0 spiro atoms. The van der Waals surface area contributed by atoms with Crippen LogP contribution in [0.25, 0.3) is 0 Å². The maximum atomic E-state index is 12.6. The minimum Gasteiger partial charge on any atom is -0.393 e. The fraction of sp³-hybridized carbons (Fsp3) is 0.939.